The van der Waals surface area contributed by atoms with Gasteiger partial charge in [-0.05, 0) is 12.1 Å². The number of carbonyl (C=O) groups excluding carboxylic acids is 2. The van der Waals surface area contributed by atoms with Crippen molar-refractivity contribution in [3.05, 3.63) is 43.0 Å². The fourth-order valence-corrected chi connectivity index (χ4v) is 1.69. The summed E-state index contributed by atoms with van der Waals surface area (Å²) < 4.78 is 0. The van der Waals surface area contributed by atoms with Gasteiger partial charge in [0.2, 0.25) is 0 Å². The van der Waals surface area contributed by atoms with Gasteiger partial charge in [-0.2, -0.15) is 0 Å². The molecule has 5 heteroatoms. The Labute approximate surface area is 98.9 Å². The third kappa shape index (κ3) is 2.44. The number of anilines is 1. The molecule has 1 saturated heterocycles. The van der Waals surface area contributed by atoms with Crippen molar-refractivity contribution in [1.29, 1.82) is 0 Å². The van der Waals surface area contributed by atoms with E-state index < -0.39 is 12.1 Å². The van der Waals surface area contributed by atoms with Crippen molar-refractivity contribution in [3.8, 4) is 0 Å². The van der Waals surface area contributed by atoms with Crippen LogP contribution in [0.5, 0.6) is 0 Å². The van der Waals surface area contributed by atoms with Gasteiger partial charge in [0.25, 0.3) is 5.91 Å². The molecule has 1 heterocycles. The third-order valence-electron chi connectivity index (χ3n) is 2.53. The Morgan fingerprint density at radius 1 is 1.29 bits per heavy atom. The monoisotopic (exact) mass is 231 g/mol. The highest BCUT2D eigenvalue weighted by Gasteiger charge is 2.34. The Balaban J connectivity index is 2.10. The molecule has 0 spiro atoms. The minimum Gasteiger partial charge on any atom is -0.376 e. The van der Waals surface area contributed by atoms with Crippen molar-refractivity contribution < 1.29 is 9.59 Å². The topological polar surface area (TPSA) is 70.2 Å². The fourth-order valence-electron chi connectivity index (χ4n) is 1.69. The first-order valence-electron chi connectivity index (χ1n) is 5.26. The van der Waals surface area contributed by atoms with E-state index in [9.17, 15) is 9.59 Å². The second-order valence-corrected chi connectivity index (χ2v) is 3.71. The second-order valence-electron chi connectivity index (χ2n) is 3.71. The largest absolute Gasteiger partial charge is 0.376 e. The number of imide groups is 1. The molecule has 5 nitrogen and oxygen atoms in total. The van der Waals surface area contributed by atoms with Crippen LogP contribution in [0.15, 0.2) is 43.0 Å². The summed E-state index contributed by atoms with van der Waals surface area (Å²) in [7, 11) is 0. The average Bonchev–Trinajstić information content (AvgIpc) is 2.67. The van der Waals surface area contributed by atoms with Gasteiger partial charge in [-0.25, -0.2) is 4.79 Å². The molecule has 17 heavy (non-hydrogen) atoms. The highest BCUT2D eigenvalue weighted by atomic mass is 16.2. The summed E-state index contributed by atoms with van der Waals surface area (Å²) in [6, 6.07) is 7.99. The second kappa shape index (κ2) is 4.69. The summed E-state index contributed by atoms with van der Waals surface area (Å²) in [5.41, 5.74) is 0.867. The predicted molar refractivity (Wildman–Crippen MR) is 64.5 cm³/mol. The molecule has 2 atom stereocenters. The van der Waals surface area contributed by atoms with Crippen LogP contribution in [0.3, 0.4) is 0 Å². The number of hydrogen-bond donors (Lipinski definition) is 3. The smallest absolute Gasteiger partial charge is 0.322 e. The van der Waals surface area contributed by atoms with E-state index in [0.29, 0.717) is 0 Å². The Morgan fingerprint density at radius 2 is 2.00 bits per heavy atom. The molecule has 1 aromatic rings. The number of para-hydroxylation sites is 1. The van der Waals surface area contributed by atoms with Crippen molar-refractivity contribution in [2.24, 2.45) is 0 Å². The van der Waals surface area contributed by atoms with Gasteiger partial charge in [-0.15, -0.1) is 6.58 Å². The molecule has 1 fully saturated rings. The van der Waals surface area contributed by atoms with Crippen molar-refractivity contribution in [2.45, 2.75) is 12.1 Å². The Hall–Kier alpha value is -2.30. The maximum atomic E-state index is 11.5. The summed E-state index contributed by atoms with van der Waals surface area (Å²) in [4.78, 5) is 22.5. The molecule has 3 amide bonds. The van der Waals surface area contributed by atoms with Crippen LogP contribution >= 0.6 is 0 Å². The van der Waals surface area contributed by atoms with Crippen LogP contribution in [0.2, 0.25) is 0 Å². The molecule has 0 saturated carbocycles. The van der Waals surface area contributed by atoms with Crippen molar-refractivity contribution in [2.75, 3.05) is 5.32 Å². The lowest BCUT2D eigenvalue weighted by Crippen LogP contribution is -2.44. The zero-order valence-corrected chi connectivity index (χ0v) is 9.14. The number of amides is 3. The number of carbonyl (C=O) groups is 2. The van der Waals surface area contributed by atoms with Crippen LogP contribution < -0.4 is 16.0 Å². The van der Waals surface area contributed by atoms with Gasteiger partial charge < -0.3 is 10.6 Å². The highest BCUT2D eigenvalue weighted by Crippen LogP contribution is 2.11. The quantitative estimate of drug-likeness (QED) is 0.531. The number of rotatable bonds is 4. The van der Waals surface area contributed by atoms with Crippen LogP contribution in [0, 0.1) is 0 Å². The number of urea groups is 1. The molecular weight excluding hydrogens is 218 g/mol. The highest BCUT2D eigenvalue weighted by molar-refractivity contribution is 6.04. The maximum Gasteiger partial charge on any atom is 0.322 e. The van der Waals surface area contributed by atoms with E-state index in [0.717, 1.165) is 5.69 Å². The van der Waals surface area contributed by atoms with Gasteiger partial charge in [0.05, 0.1) is 6.04 Å². The molecule has 88 valence electrons. The van der Waals surface area contributed by atoms with E-state index in [2.05, 4.69) is 22.5 Å². The molecule has 0 bridgehead atoms. The molecule has 0 radical (unpaired) electrons. The Kier molecular flexibility index (Phi) is 3.09. The summed E-state index contributed by atoms with van der Waals surface area (Å²) in [5, 5.41) is 7.86. The lowest BCUT2D eigenvalue weighted by molar-refractivity contribution is -0.120. The molecule has 1 aliphatic rings. The van der Waals surface area contributed by atoms with Gasteiger partial charge in [-0.1, -0.05) is 24.3 Å². The van der Waals surface area contributed by atoms with Gasteiger partial charge in [0.15, 0.2) is 0 Å². The number of nitrogens with one attached hydrogen (secondary N) is 3. The maximum absolute atomic E-state index is 11.5. The van der Waals surface area contributed by atoms with E-state index in [1.807, 2.05) is 30.3 Å². The molecule has 2 rings (SSSR count). The lowest BCUT2D eigenvalue weighted by Gasteiger charge is -2.20. The third-order valence-corrected chi connectivity index (χ3v) is 2.53. The van der Waals surface area contributed by atoms with E-state index in [-0.39, 0.29) is 11.9 Å². The van der Waals surface area contributed by atoms with Gasteiger partial charge in [0, 0.05) is 5.69 Å². The standard InChI is InChI=1S/C12H13N3O2/c1-2-9(10-11(16)15-12(17)14-10)13-8-6-4-3-5-7-8/h2-7,9-10,13H,1H2,(H2,14,15,16,17). The summed E-state index contributed by atoms with van der Waals surface area (Å²) in [6.07, 6.45) is 1.60. The molecule has 3 N–H and O–H groups in total. The van der Waals surface area contributed by atoms with Crippen LogP contribution in [0.1, 0.15) is 0 Å². The van der Waals surface area contributed by atoms with Crippen molar-refractivity contribution in [1.82, 2.24) is 10.6 Å². The average molecular weight is 231 g/mol. The number of benzene rings is 1. The molecule has 0 aliphatic carbocycles. The predicted octanol–water partition coefficient (Wildman–Crippen LogP) is 0.861. The fraction of sp³-hybridized carbons (Fsp3) is 0.167. The minimum absolute atomic E-state index is 0.344. The molecule has 0 aromatic heterocycles. The Morgan fingerprint density at radius 3 is 2.53 bits per heavy atom. The summed E-state index contributed by atoms with van der Waals surface area (Å²) in [5.74, 6) is -0.344. The van der Waals surface area contributed by atoms with E-state index in [4.69, 9.17) is 0 Å². The van der Waals surface area contributed by atoms with Crippen molar-refractivity contribution in [3.63, 3.8) is 0 Å². The summed E-state index contributed by atoms with van der Waals surface area (Å²) >= 11 is 0. The summed E-state index contributed by atoms with van der Waals surface area (Å²) in [6.45, 7) is 3.67. The zero-order valence-electron chi connectivity index (χ0n) is 9.14. The molecule has 2 unspecified atom stereocenters. The van der Waals surface area contributed by atoms with Crippen LogP contribution in [0.25, 0.3) is 0 Å². The van der Waals surface area contributed by atoms with E-state index in [1.165, 1.54) is 0 Å². The first-order valence-corrected chi connectivity index (χ1v) is 5.26. The molecule has 1 aliphatic heterocycles. The molecule has 1 aromatic carbocycles. The van der Waals surface area contributed by atoms with Gasteiger partial charge in [0.1, 0.15) is 6.04 Å². The van der Waals surface area contributed by atoms with Crippen LogP contribution in [0.4, 0.5) is 10.5 Å². The Bertz CT molecular complexity index is 444. The first-order chi connectivity index (χ1) is 8.20. The lowest BCUT2D eigenvalue weighted by atomic mass is 10.1. The SMILES string of the molecule is C=CC(Nc1ccccc1)C1NC(=O)NC1=O. The van der Waals surface area contributed by atoms with Crippen molar-refractivity contribution >= 4 is 17.6 Å². The van der Waals surface area contributed by atoms with Gasteiger partial charge >= 0.3 is 6.03 Å². The zero-order chi connectivity index (χ0) is 12.3. The normalized spacial score (nSPS) is 20.4. The minimum atomic E-state index is -0.625. The van der Waals surface area contributed by atoms with E-state index in [1.54, 1.807) is 6.08 Å². The van der Waals surface area contributed by atoms with Crippen LogP contribution in [-0.2, 0) is 4.79 Å². The van der Waals surface area contributed by atoms with E-state index >= 15 is 0 Å². The molecular formula is C12H13N3O2. The van der Waals surface area contributed by atoms with Gasteiger partial charge in [-0.3, -0.25) is 10.1 Å². The van der Waals surface area contributed by atoms with Crippen LogP contribution in [-0.4, -0.2) is 24.0 Å². The number of hydrogen-bond acceptors (Lipinski definition) is 3. The first kappa shape index (κ1) is 11.2.